The maximum Gasteiger partial charge on any atom is 0.375 e. The summed E-state index contributed by atoms with van der Waals surface area (Å²) in [7, 11) is 0. The van der Waals surface area contributed by atoms with E-state index in [0.29, 0.717) is 6.29 Å². The molecule has 0 amide bonds. The Morgan fingerprint density at radius 1 is 1.35 bits per heavy atom. The molecule has 6 nitrogen and oxygen atoms in total. The van der Waals surface area contributed by atoms with Gasteiger partial charge in [-0.15, -0.1) is 0 Å². The van der Waals surface area contributed by atoms with Crippen LogP contribution in [0.4, 0.5) is 0 Å². The van der Waals surface area contributed by atoms with Crippen LogP contribution in [0.2, 0.25) is 0 Å². The fraction of sp³-hybridized carbons (Fsp3) is 0.214. The van der Waals surface area contributed by atoms with Crippen LogP contribution in [0, 0.1) is 0 Å². The molecule has 0 saturated heterocycles. The lowest BCUT2D eigenvalue weighted by Gasteiger charge is -2.02. The summed E-state index contributed by atoms with van der Waals surface area (Å²) < 4.78 is 15.2. The number of fused-ring (bicyclic) bond motifs is 1. The van der Waals surface area contributed by atoms with E-state index >= 15 is 0 Å². The largest absolute Gasteiger partial charge is 0.460 e. The smallest absolute Gasteiger partial charge is 0.375 e. The Bertz CT molecular complexity index is 682. The summed E-state index contributed by atoms with van der Waals surface area (Å²) >= 11 is 0. The molecule has 0 fully saturated rings. The Hall–Kier alpha value is -2.63. The maximum atomic E-state index is 11.7. The van der Waals surface area contributed by atoms with Crippen LogP contribution in [0.1, 0.15) is 34.8 Å². The van der Waals surface area contributed by atoms with Gasteiger partial charge < -0.3 is 13.9 Å². The van der Waals surface area contributed by atoms with Crippen LogP contribution in [-0.4, -0.2) is 24.8 Å². The fourth-order valence-electron chi connectivity index (χ4n) is 1.84. The molecule has 2 aromatic rings. The standard InChI is InChI=1S/C14H12O6/c1-3-18-14(17)13-9(7-15)12-10(19-8(2)16)5-4-6-11(12)20-13/h4-7H,3H2,1-2H3. The Labute approximate surface area is 114 Å². The van der Waals surface area contributed by atoms with Crippen molar-refractivity contribution in [3.63, 3.8) is 0 Å². The molecule has 0 spiro atoms. The first-order valence-electron chi connectivity index (χ1n) is 5.94. The minimum Gasteiger partial charge on any atom is -0.460 e. The van der Waals surface area contributed by atoms with Crippen molar-refractivity contribution in [1.82, 2.24) is 0 Å². The summed E-state index contributed by atoms with van der Waals surface area (Å²) in [5, 5.41) is 0.278. The van der Waals surface area contributed by atoms with Crippen LogP contribution in [-0.2, 0) is 9.53 Å². The average Bonchev–Trinajstić information content (AvgIpc) is 2.78. The van der Waals surface area contributed by atoms with Gasteiger partial charge in [-0.05, 0) is 19.1 Å². The molecule has 0 aliphatic heterocycles. The first kappa shape index (κ1) is 13.8. The highest BCUT2D eigenvalue weighted by molar-refractivity contribution is 6.08. The zero-order valence-corrected chi connectivity index (χ0v) is 11.0. The van der Waals surface area contributed by atoms with E-state index in [0.717, 1.165) is 0 Å². The number of hydrogen-bond donors (Lipinski definition) is 0. The lowest BCUT2D eigenvalue weighted by atomic mass is 10.1. The molecule has 104 valence electrons. The van der Waals surface area contributed by atoms with E-state index in [2.05, 4.69) is 0 Å². The van der Waals surface area contributed by atoms with Crippen LogP contribution in [0.5, 0.6) is 5.75 Å². The van der Waals surface area contributed by atoms with Crippen LogP contribution < -0.4 is 4.74 Å². The molecule has 0 aliphatic carbocycles. The highest BCUT2D eigenvalue weighted by atomic mass is 16.5. The quantitative estimate of drug-likeness (QED) is 0.484. The first-order valence-corrected chi connectivity index (χ1v) is 5.94. The van der Waals surface area contributed by atoms with Gasteiger partial charge in [0.05, 0.1) is 17.6 Å². The predicted molar refractivity (Wildman–Crippen MR) is 68.9 cm³/mol. The molecular weight excluding hydrogens is 264 g/mol. The summed E-state index contributed by atoms with van der Waals surface area (Å²) in [4.78, 5) is 34.1. The lowest BCUT2D eigenvalue weighted by Crippen LogP contribution is -2.06. The van der Waals surface area contributed by atoms with E-state index in [1.807, 2.05) is 0 Å². The Morgan fingerprint density at radius 3 is 2.70 bits per heavy atom. The third-order valence-corrected chi connectivity index (χ3v) is 2.55. The van der Waals surface area contributed by atoms with Crippen LogP contribution >= 0.6 is 0 Å². The van der Waals surface area contributed by atoms with Crippen LogP contribution in [0.25, 0.3) is 11.0 Å². The van der Waals surface area contributed by atoms with E-state index < -0.39 is 11.9 Å². The van der Waals surface area contributed by atoms with E-state index in [9.17, 15) is 14.4 Å². The first-order chi connectivity index (χ1) is 9.58. The molecule has 1 aromatic carbocycles. The number of ether oxygens (including phenoxy) is 2. The molecule has 20 heavy (non-hydrogen) atoms. The summed E-state index contributed by atoms with van der Waals surface area (Å²) in [5.74, 6) is -1.30. The van der Waals surface area contributed by atoms with Crippen molar-refractivity contribution in [2.75, 3.05) is 6.61 Å². The number of carbonyl (C=O) groups excluding carboxylic acids is 3. The third kappa shape index (κ3) is 2.40. The van der Waals surface area contributed by atoms with E-state index in [1.165, 1.54) is 13.0 Å². The van der Waals surface area contributed by atoms with Gasteiger partial charge in [-0.3, -0.25) is 9.59 Å². The van der Waals surface area contributed by atoms with Gasteiger partial charge in [-0.25, -0.2) is 4.79 Å². The molecule has 0 saturated carbocycles. The molecule has 0 atom stereocenters. The van der Waals surface area contributed by atoms with Crippen molar-refractivity contribution in [2.24, 2.45) is 0 Å². The topological polar surface area (TPSA) is 82.8 Å². The number of carbonyl (C=O) groups is 3. The zero-order valence-electron chi connectivity index (χ0n) is 11.0. The summed E-state index contributed by atoms with van der Waals surface area (Å²) in [5.41, 5.74) is 0.282. The number of rotatable bonds is 4. The van der Waals surface area contributed by atoms with Crippen molar-refractivity contribution in [3.8, 4) is 5.75 Å². The van der Waals surface area contributed by atoms with Gasteiger partial charge >= 0.3 is 11.9 Å². The SMILES string of the molecule is CCOC(=O)c1oc2cccc(OC(C)=O)c2c1C=O. The van der Waals surface area contributed by atoms with Crippen molar-refractivity contribution in [1.29, 1.82) is 0 Å². The second-order valence-corrected chi connectivity index (χ2v) is 3.91. The van der Waals surface area contributed by atoms with E-state index in [1.54, 1.807) is 19.1 Å². The number of benzene rings is 1. The second kappa shape index (κ2) is 5.56. The molecule has 0 N–H and O–H groups in total. The molecule has 6 heteroatoms. The Morgan fingerprint density at radius 2 is 2.10 bits per heavy atom. The Balaban J connectivity index is 2.66. The van der Waals surface area contributed by atoms with Crippen molar-refractivity contribution >= 4 is 29.2 Å². The minimum atomic E-state index is -0.737. The highest BCUT2D eigenvalue weighted by Gasteiger charge is 2.24. The molecular formula is C14H12O6. The molecule has 0 bridgehead atoms. The third-order valence-electron chi connectivity index (χ3n) is 2.55. The van der Waals surface area contributed by atoms with Crippen molar-refractivity contribution in [2.45, 2.75) is 13.8 Å². The minimum absolute atomic E-state index is 0.00954. The average molecular weight is 276 g/mol. The monoisotopic (exact) mass is 276 g/mol. The number of esters is 2. The van der Waals surface area contributed by atoms with Gasteiger partial charge in [0.15, 0.2) is 6.29 Å². The zero-order chi connectivity index (χ0) is 14.7. The van der Waals surface area contributed by atoms with E-state index in [-0.39, 0.29) is 34.6 Å². The molecule has 2 rings (SSSR count). The van der Waals surface area contributed by atoms with Crippen LogP contribution in [0.15, 0.2) is 22.6 Å². The summed E-state index contributed by atoms with van der Waals surface area (Å²) in [6.45, 7) is 3.04. The normalized spacial score (nSPS) is 10.3. The van der Waals surface area contributed by atoms with Gasteiger partial charge in [0, 0.05) is 6.92 Å². The van der Waals surface area contributed by atoms with Crippen LogP contribution in [0.3, 0.4) is 0 Å². The molecule has 1 heterocycles. The van der Waals surface area contributed by atoms with Crippen molar-refractivity contribution in [3.05, 3.63) is 29.5 Å². The number of furan rings is 1. The molecule has 0 radical (unpaired) electrons. The van der Waals surface area contributed by atoms with Gasteiger partial charge in [-0.2, -0.15) is 0 Å². The van der Waals surface area contributed by atoms with Gasteiger partial charge in [0.1, 0.15) is 11.3 Å². The Kier molecular flexibility index (Phi) is 3.84. The predicted octanol–water partition coefficient (Wildman–Crippen LogP) is 2.35. The number of aldehydes is 1. The highest BCUT2D eigenvalue weighted by Crippen LogP contribution is 2.33. The van der Waals surface area contributed by atoms with Gasteiger partial charge in [0.25, 0.3) is 0 Å². The van der Waals surface area contributed by atoms with E-state index in [4.69, 9.17) is 13.9 Å². The lowest BCUT2D eigenvalue weighted by molar-refractivity contribution is -0.131. The second-order valence-electron chi connectivity index (χ2n) is 3.91. The fourth-order valence-corrected chi connectivity index (χ4v) is 1.84. The number of hydrogen-bond acceptors (Lipinski definition) is 6. The maximum absolute atomic E-state index is 11.7. The molecule has 1 aromatic heterocycles. The summed E-state index contributed by atoms with van der Waals surface area (Å²) in [6.07, 6.45) is 0.477. The molecule has 0 unspecified atom stereocenters. The van der Waals surface area contributed by atoms with Gasteiger partial charge in [0.2, 0.25) is 5.76 Å². The van der Waals surface area contributed by atoms with Gasteiger partial charge in [-0.1, -0.05) is 6.07 Å². The van der Waals surface area contributed by atoms with Crippen molar-refractivity contribution < 1.29 is 28.3 Å². The summed E-state index contributed by atoms with van der Waals surface area (Å²) in [6, 6.07) is 4.67. The molecule has 0 aliphatic rings.